The lowest BCUT2D eigenvalue weighted by Crippen LogP contribution is -2.28. The summed E-state index contributed by atoms with van der Waals surface area (Å²) in [6.07, 6.45) is 1.67. The van der Waals surface area contributed by atoms with Crippen molar-refractivity contribution >= 4 is 76.5 Å². The van der Waals surface area contributed by atoms with Crippen molar-refractivity contribution in [3.05, 3.63) is 398 Å². The molecule has 16 aromatic carbocycles. The van der Waals surface area contributed by atoms with Crippen LogP contribution in [0.4, 0.5) is 0 Å². The SMILES string of the molecule is Cc1ccc2c(c1)-c1cc(C)ccc1C2(c1cccc(-c2cccc(-c3ncnc4c3oc3ccc(-c5cccc(-c6ccc(-c7ccccc7)cc6)c5)cc34)c2)c1)c1cccc(-c2cccc(-n3c4ccccc4c4cc(-c5ccc6c(c5)c5ccccc5n6-c5ccc6ccccc6c5)ccc43)c2)c1. The van der Waals surface area contributed by atoms with Gasteiger partial charge in [0.05, 0.1) is 27.5 Å². The van der Waals surface area contributed by atoms with E-state index in [1.807, 2.05) is 0 Å². The molecule has 0 radical (unpaired) electrons. The van der Waals surface area contributed by atoms with Crippen LogP contribution < -0.4 is 0 Å². The van der Waals surface area contributed by atoms with Crippen LogP contribution in [0.15, 0.2) is 369 Å². The zero-order chi connectivity index (χ0) is 70.1. The van der Waals surface area contributed by atoms with Crippen molar-refractivity contribution in [1.29, 1.82) is 0 Å². The molecule has 0 amide bonds. The van der Waals surface area contributed by atoms with Gasteiger partial charge in [-0.15, -0.1) is 0 Å². The van der Waals surface area contributed by atoms with Crippen LogP contribution in [0.2, 0.25) is 0 Å². The Labute approximate surface area is 613 Å². The van der Waals surface area contributed by atoms with Crippen LogP contribution in [0, 0.1) is 13.8 Å². The molecule has 20 aromatic rings. The fourth-order valence-corrected chi connectivity index (χ4v) is 17.4. The van der Waals surface area contributed by atoms with Gasteiger partial charge in [0.1, 0.15) is 23.1 Å². The van der Waals surface area contributed by atoms with Gasteiger partial charge in [-0.1, -0.05) is 272 Å². The maximum absolute atomic E-state index is 6.78. The Balaban J connectivity index is 0.634. The zero-order valence-electron chi connectivity index (χ0n) is 58.3. The van der Waals surface area contributed by atoms with E-state index in [4.69, 9.17) is 14.4 Å². The fourth-order valence-electron chi connectivity index (χ4n) is 17.4. The summed E-state index contributed by atoms with van der Waals surface area (Å²) in [6.45, 7) is 4.42. The molecule has 4 heterocycles. The highest BCUT2D eigenvalue weighted by Crippen LogP contribution is 2.58. The quantitative estimate of drug-likeness (QED) is 0.130. The molecule has 0 fully saturated rings. The predicted molar refractivity (Wildman–Crippen MR) is 440 cm³/mol. The van der Waals surface area contributed by atoms with Crippen LogP contribution in [0.25, 0.3) is 177 Å². The summed E-state index contributed by atoms with van der Waals surface area (Å²) in [5.74, 6) is 0. The lowest BCUT2D eigenvalue weighted by atomic mass is 9.67. The highest BCUT2D eigenvalue weighted by molar-refractivity contribution is 6.13. The Kier molecular flexibility index (Phi) is 13.9. The number of benzene rings is 16. The number of hydrogen-bond donors (Lipinski definition) is 0. The molecule has 1 aliphatic carbocycles. The van der Waals surface area contributed by atoms with Crippen LogP contribution in [0.5, 0.6) is 0 Å². The molecule has 5 heteroatoms. The van der Waals surface area contributed by atoms with E-state index in [2.05, 4.69) is 381 Å². The largest absolute Gasteiger partial charge is 0.452 e. The van der Waals surface area contributed by atoms with E-state index in [0.717, 1.165) is 89.1 Å². The molecule has 0 unspecified atom stereocenters. The normalized spacial score (nSPS) is 12.5. The molecule has 0 aliphatic heterocycles. The van der Waals surface area contributed by atoms with E-state index in [9.17, 15) is 0 Å². The summed E-state index contributed by atoms with van der Waals surface area (Å²) >= 11 is 0. The number of aromatic nitrogens is 4. The van der Waals surface area contributed by atoms with E-state index in [1.165, 1.54) is 116 Å². The third kappa shape index (κ3) is 9.77. The maximum Gasteiger partial charge on any atom is 0.180 e. The van der Waals surface area contributed by atoms with Crippen molar-refractivity contribution in [2.75, 3.05) is 0 Å². The number of nitrogens with zero attached hydrogens (tertiary/aromatic N) is 4. The lowest BCUT2D eigenvalue weighted by Gasteiger charge is -2.34. The minimum atomic E-state index is -0.682. The van der Waals surface area contributed by atoms with E-state index in [-0.39, 0.29) is 0 Å². The third-order valence-electron chi connectivity index (χ3n) is 22.4. The van der Waals surface area contributed by atoms with Crippen molar-refractivity contribution < 1.29 is 4.42 Å². The van der Waals surface area contributed by atoms with Gasteiger partial charge in [0.25, 0.3) is 0 Å². The summed E-state index contributed by atoms with van der Waals surface area (Å²) in [7, 11) is 0. The van der Waals surface area contributed by atoms with Gasteiger partial charge in [0.2, 0.25) is 0 Å². The monoisotopic (exact) mass is 1350 g/mol. The Morgan fingerprint density at radius 1 is 0.274 bits per heavy atom. The van der Waals surface area contributed by atoms with Crippen LogP contribution in [0.1, 0.15) is 33.4 Å². The molecule has 21 rings (SSSR count). The summed E-state index contributed by atoms with van der Waals surface area (Å²) in [6, 6.07) is 132. The Bertz CT molecular complexity index is 6940. The van der Waals surface area contributed by atoms with Gasteiger partial charge in [0.15, 0.2) is 5.58 Å². The first-order valence-corrected chi connectivity index (χ1v) is 36.5. The predicted octanol–water partition coefficient (Wildman–Crippen LogP) is 26.4. The molecule has 0 saturated heterocycles. The van der Waals surface area contributed by atoms with Gasteiger partial charge in [-0.3, -0.25) is 0 Å². The Morgan fingerprint density at radius 2 is 0.708 bits per heavy atom. The molecule has 106 heavy (non-hydrogen) atoms. The number of aryl methyl sites for hydroxylation is 2. The zero-order valence-corrected chi connectivity index (χ0v) is 58.3. The van der Waals surface area contributed by atoms with E-state index in [1.54, 1.807) is 6.33 Å². The molecule has 0 saturated carbocycles. The first-order chi connectivity index (χ1) is 52.3. The second-order valence-corrected chi connectivity index (χ2v) is 28.6. The number of fused-ring (bicyclic) bond motifs is 13. The second kappa shape index (κ2) is 24.2. The molecule has 496 valence electrons. The maximum atomic E-state index is 6.78. The van der Waals surface area contributed by atoms with Gasteiger partial charge in [-0.2, -0.15) is 0 Å². The molecule has 0 N–H and O–H groups in total. The lowest BCUT2D eigenvalue weighted by molar-refractivity contribution is 0.667. The minimum Gasteiger partial charge on any atom is -0.452 e. The van der Waals surface area contributed by atoms with Crippen molar-refractivity contribution in [1.82, 2.24) is 19.1 Å². The van der Waals surface area contributed by atoms with Crippen LogP contribution in [0.3, 0.4) is 0 Å². The van der Waals surface area contributed by atoms with Gasteiger partial charge in [-0.05, 0) is 222 Å². The molecule has 5 nitrogen and oxygen atoms in total. The van der Waals surface area contributed by atoms with Crippen LogP contribution in [-0.2, 0) is 5.41 Å². The van der Waals surface area contributed by atoms with Gasteiger partial charge < -0.3 is 13.6 Å². The van der Waals surface area contributed by atoms with Crippen LogP contribution >= 0.6 is 0 Å². The minimum absolute atomic E-state index is 0.662. The molecule has 0 atom stereocenters. The van der Waals surface area contributed by atoms with Crippen LogP contribution in [-0.4, -0.2) is 19.1 Å². The fraction of sp³-hybridized carbons (Fsp3) is 0.0297. The van der Waals surface area contributed by atoms with Crippen molar-refractivity contribution in [2.24, 2.45) is 0 Å². The summed E-state index contributed by atoms with van der Waals surface area (Å²) in [5.41, 5.74) is 33.9. The molecule has 0 spiro atoms. The number of rotatable bonds is 11. The van der Waals surface area contributed by atoms with E-state index in [0.29, 0.717) is 5.58 Å². The summed E-state index contributed by atoms with van der Waals surface area (Å²) in [4.78, 5) is 9.87. The molecular formula is C101H66N4O. The summed E-state index contributed by atoms with van der Waals surface area (Å²) < 4.78 is 11.6. The smallest absolute Gasteiger partial charge is 0.180 e. The van der Waals surface area contributed by atoms with Gasteiger partial charge in [-0.25, -0.2) is 9.97 Å². The van der Waals surface area contributed by atoms with E-state index < -0.39 is 5.41 Å². The standard InChI is InChI=1S/C101H66N4O/c1-63-35-46-91-86(51-63)87-52-64(2)36-47-92(87)101(91,80-28-14-24-72(55-80)71-23-13-27-79(54-71)98-100-99(103-62-102-98)90-61-78(44-50-97(90)106-100)70-22-12-21-69(53-70)68-39-37-67(38-40-68)65-17-4-3-5-18-65)81-29-15-25-73(56-81)75-26-16-30-82(58-75)104-93-33-10-8-31-84(93)88-59-76(42-48-95(88)104)77-43-49-96-89(60-77)85-32-9-11-34-94(85)105(96)83-45-41-66-19-6-7-20-74(66)57-83/h3-62H,1-2H3. The first-order valence-electron chi connectivity index (χ1n) is 36.5. The number of para-hydroxylation sites is 2. The first kappa shape index (κ1) is 61.0. The topological polar surface area (TPSA) is 48.8 Å². The average Bonchev–Trinajstić information content (AvgIpc) is 1.54. The number of hydrogen-bond acceptors (Lipinski definition) is 3. The average molecular weight is 1350 g/mol. The Morgan fingerprint density at radius 3 is 1.33 bits per heavy atom. The van der Waals surface area contributed by atoms with Crippen molar-refractivity contribution in [3.63, 3.8) is 0 Å². The van der Waals surface area contributed by atoms with Gasteiger partial charge in [0, 0.05) is 43.9 Å². The Hall–Kier alpha value is -13.7. The van der Waals surface area contributed by atoms with Crippen molar-refractivity contribution in [3.8, 4) is 101 Å². The van der Waals surface area contributed by atoms with Crippen molar-refractivity contribution in [2.45, 2.75) is 19.3 Å². The highest BCUT2D eigenvalue weighted by atomic mass is 16.3. The highest BCUT2D eigenvalue weighted by Gasteiger charge is 2.46. The molecule has 1 aliphatic rings. The molecule has 0 bridgehead atoms. The molecular weight excluding hydrogens is 1290 g/mol. The number of furan rings is 1. The second-order valence-electron chi connectivity index (χ2n) is 28.6. The molecule has 4 aromatic heterocycles. The van der Waals surface area contributed by atoms with Gasteiger partial charge >= 0.3 is 0 Å². The summed E-state index contributed by atoms with van der Waals surface area (Å²) in [5, 5.41) is 8.32. The third-order valence-corrected chi connectivity index (χ3v) is 22.4. The van der Waals surface area contributed by atoms with E-state index >= 15 is 0 Å².